The number of nitrogens with zero attached hydrogens (tertiary/aromatic N) is 3. The zero-order valence-corrected chi connectivity index (χ0v) is 16.7. The van der Waals surface area contributed by atoms with Crippen LogP contribution in [0.1, 0.15) is 25.0 Å². The van der Waals surface area contributed by atoms with Crippen molar-refractivity contribution in [1.82, 2.24) is 14.9 Å². The second-order valence-corrected chi connectivity index (χ2v) is 6.79. The fourth-order valence-electron chi connectivity index (χ4n) is 3.25. The number of likely N-dealkylation sites (tertiary alicyclic amines) is 1. The van der Waals surface area contributed by atoms with E-state index >= 15 is 0 Å². The van der Waals surface area contributed by atoms with Crippen molar-refractivity contribution in [3.05, 3.63) is 29.7 Å². The molecule has 0 atom stereocenters. The van der Waals surface area contributed by atoms with Gasteiger partial charge in [-0.1, -0.05) is 0 Å². The number of aryl methyl sites for hydroxylation is 1. The lowest BCUT2D eigenvalue weighted by Gasteiger charge is -2.16. The summed E-state index contributed by atoms with van der Waals surface area (Å²) in [5.41, 5.74) is 1.01. The van der Waals surface area contributed by atoms with Crippen molar-refractivity contribution in [3.8, 4) is 11.5 Å². The van der Waals surface area contributed by atoms with Gasteiger partial charge in [-0.25, -0.2) is 9.37 Å². The molecule has 2 aromatic rings. The highest BCUT2D eigenvalue weighted by atomic mass is 19.1. The molecule has 1 aromatic carbocycles. The quantitative estimate of drug-likeness (QED) is 0.635. The standard InChI is InChI=1S/C20H28FN5O2/c1-14-18(21)19(22-2)25-20(23-14)24-15-7-8-16(27-3)17(13-15)28-12-6-11-26-9-4-5-10-26/h7-8,13H,4-6,9-12H2,1-3H3,(H2,22,23,24,25). The van der Waals surface area contributed by atoms with Crippen LogP contribution in [0.15, 0.2) is 18.2 Å². The van der Waals surface area contributed by atoms with Crippen LogP contribution < -0.4 is 20.1 Å². The van der Waals surface area contributed by atoms with Crippen molar-refractivity contribution < 1.29 is 13.9 Å². The Hall–Kier alpha value is -2.61. The molecule has 3 rings (SSSR count). The third-order valence-electron chi connectivity index (χ3n) is 4.75. The predicted molar refractivity (Wildman–Crippen MR) is 108 cm³/mol. The van der Waals surface area contributed by atoms with Gasteiger partial charge < -0.3 is 25.0 Å². The van der Waals surface area contributed by atoms with Crippen LogP contribution in [-0.4, -0.2) is 55.3 Å². The Morgan fingerprint density at radius 3 is 2.68 bits per heavy atom. The van der Waals surface area contributed by atoms with E-state index in [-0.39, 0.29) is 11.5 Å². The Morgan fingerprint density at radius 1 is 1.18 bits per heavy atom. The van der Waals surface area contributed by atoms with Gasteiger partial charge in [0.05, 0.1) is 19.4 Å². The minimum Gasteiger partial charge on any atom is -0.493 e. The van der Waals surface area contributed by atoms with Crippen molar-refractivity contribution in [2.75, 3.05) is 51.0 Å². The summed E-state index contributed by atoms with van der Waals surface area (Å²) in [6.07, 6.45) is 3.55. The van der Waals surface area contributed by atoms with Gasteiger partial charge in [-0.15, -0.1) is 0 Å². The summed E-state index contributed by atoms with van der Waals surface area (Å²) < 4.78 is 25.3. The minimum atomic E-state index is -0.454. The Balaban J connectivity index is 1.65. The van der Waals surface area contributed by atoms with Crippen molar-refractivity contribution in [2.45, 2.75) is 26.2 Å². The molecule has 0 spiro atoms. The number of benzene rings is 1. The van der Waals surface area contributed by atoms with Gasteiger partial charge in [0.2, 0.25) is 5.95 Å². The van der Waals surface area contributed by atoms with Crippen LogP contribution in [0, 0.1) is 12.7 Å². The van der Waals surface area contributed by atoms with Crippen molar-refractivity contribution in [3.63, 3.8) is 0 Å². The molecule has 1 saturated heterocycles. The number of ether oxygens (including phenoxy) is 2. The van der Waals surface area contributed by atoms with Gasteiger partial charge in [-0.2, -0.15) is 4.98 Å². The predicted octanol–water partition coefficient (Wildman–Crippen LogP) is 3.58. The third kappa shape index (κ3) is 5.01. The molecule has 1 aliphatic rings. The highest BCUT2D eigenvalue weighted by molar-refractivity contribution is 5.60. The fraction of sp³-hybridized carbons (Fsp3) is 0.500. The number of hydrogen-bond donors (Lipinski definition) is 2. The maximum absolute atomic E-state index is 13.9. The zero-order valence-electron chi connectivity index (χ0n) is 16.7. The van der Waals surface area contributed by atoms with Crippen LogP contribution >= 0.6 is 0 Å². The Morgan fingerprint density at radius 2 is 1.96 bits per heavy atom. The van der Waals surface area contributed by atoms with Crippen LogP contribution in [0.4, 0.5) is 21.8 Å². The molecular weight excluding hydrogens is 361 g/mol. The molecule has 0 radical (unpaired) electrons. The number of nitrogens with one attached hydrogen (secondary N) is 2. The molecule has 28 heavy (non-hydrogen) atoms. The molecule has 0 saturated carbocycles. The molecule has 2 N–H and O–H groups in total. The Kier molecular flexibility index (Phi) is 6.86. The first-order chi connectivity index (χ1) is 13.6. The largest absolute Gasteiger partial charge is 0.493 e. The van der Waals surface area contributed by atoms with Crippen LogP contribution in [0.3, 0.4) is 0 Å². The number of hydrogen-bond acceptors (Lipinski definition) is 7. The monoisotopic (exact) mass is 389 g/mol. The van der Waals surface area contributed by atoms with Gasteiger partial charge in [-0.05, 0) is 51.4 Å². The highest BCUT2D eigenvalue weighted by Crippen LogP contribution is 2.31. The van der Waals surface area contributed by atoms with E-state index < -0.39 is 5.82 Å². The third-order valence-corrected chi connectivity index (χ3v) is 4.75. The van der Waals surface area contributed by atoms with Crippen LogP contribution in [0.25, 0.3) is 0 Å². The van der Waals surface area contributed by atoms with E-state index in [9.17, 15) is 4.39 Å². The van der Waals surface area contributed by atoms with Gasteiger partial charge in [0.25, 0.3) is 0 Å². The van der Waals surface area contributed by atoms with E-state index in [2.05, 4.69) is 25.5 Å². The molecule has 7 nitrogen and oxygen atoms in total. The van der Waals surface area contributed by atoms with Gasteiger partial charge in [0.1, 0.15) is 0 Å². The molecule has 1 fully saturated rings. The lowest BCUT2D eigenvalue weighted by Crippen LogP contribution is -2.21. The summed E-state index contributed by atoms with van der Waals surface area (Å²) in [6, 6.07) is 5.51. The zero-order chi connectivity index (χ0) is 19.9. The normalized spacial score (nSPS) is 14.1. The van der Waals surface area contributed by atoms with E-state index in [1.165, 1.54) is 25.9 Å². The fourth-order valence-corrected chi connectivity index (χ4v) is 3.25. The van der Waals surface area contributed by atoms with E-state index in [4.69, 9.17) is 9.47 Å². The summed E-state index contributed by atoms with van der Waals surface area (Å²) in [5, 5.41) is 5.84. The molecule has 0 aliphatic carbocycles. The summed E-state index contributed by atoms with van der Waals surface area (Å²) in [4.78, 5) is 10.8. The number of rotatable bonds is 9. The molecule has 2 heterocycles. The van der Waals surface area contributed by atoms with Crippen LogP contribution in [-0.2, 0) is 0 Å². The first kappa shape index (κ1) is 20.1. The van der Waals surface area contributed by atoms with E-state index in [0.717, 1.165) is 18.7 Å². The van der Waals surface area contributed by atoms with E-state index in [1.54, 1.807) is 21.1 Å². The number of halogens is 1. The van der Waals surface area contributed by atoms with Crippen LogP contribution in [0.5, 0.6) is 11.5 Å². The minimum absolute atomic E-state index is 0.155. The average molecular weight is 389 g/mol. The second kappa shape index (κ2) is 9.54. The molecule has 0 unspecified atom stereocenters. The average Bonchev–Trinajstić information content (AvgIpc) is 3.21. The second-order valence-electron chi connectivity index (χ2n) is 6.79. The summed E-state index contributed by atoms with van der Waals surface area (Å²) in [6.45, 7) is 5.65. The van der Waals surface area contributed by atoms with Crippen molar-refractivity contribution >= 4 is 17.5 Å². The molecule has 152 valence electrons. The molecule has 0 bridgehead atoms. The Bertz CT molecular complexity index is 796. The van der Waals surface area contributed by atoms with Gasteiger partial charge in [-0.3, -0.25) is 0 Å². The van der Waals surface area contributed by atoms with Crippen LogP contribution in [0.2, 0.25) is 0 Å². The maximum atomic E-state index is 13.9. The molecule has 1 aromatic heterocycles. The highest BCUT2D eigenvalue weighted by Gasteiger charge is 2.13. The smallest absolute Gasteiger partial charge is 0.229 e. The summed E-state index contributed by atoms with van der Waals surface area (Å²) >= 11 is 0. The molecular formula is C20H28FN5O2. The SMILES string of the molecule is CNc1nc(Nc2ccc(OC)c(OCCCN3CCCC3)c2)nc(C)c1F. The van der Waals surface area contributed by atoms with Gasteiger partial charge in [0, 0.05) is 25.3 Å². The molecule has 8 heteroatoms. The maximum Gasteiger partial charge on any atom is 0.229 e. The van der Waals surface area contributed by atoms with Crippen molar-refractivity contribution in [1.29, 1.82) is 0 Å². The topological polar surface area (TPSA) is 71.5 Å². The van der Waals surface area contributed by atoms with E-state index in [0.29, 0.717) is 24.1 Å². The summed E-state index contributed by atoms with van der Waals surface area (Å²) in [5.74, 6) is 1.33. The number of methoxy groups -OCH3 is 1. The molecule has 0 amide bonds. The van der Waals surface area contributed by atoms with E-state index in [1.807, 2.05) is 18.2 Å². The van der Waals surface area contributed by atoms with Gasteiger partial charge >= 0.3 is 0 Å². The number of anilines is 3. The molecule has 1 aliphatic heterocycles. The van der Waals surface area contributed by atoms with Gasteiger partial charge in [0.15, 0.2) is 23.1 Å². The van der Waals surface area contributed by atoms with Crippen molar-refractivity contribution in [2.24, 2.45) is 0 Å². The summed E-state index contributed by atoms with van der Waals surface area (Å²) in [7, 11) is 3.24. The number of aromatic nitrogens is 2. The lowest BCUT2D eigenvalue weighted by molar-refractivity contribution is 0.254. The lowest BCUT2D eigenvalue weighted by atomic mass is 10.2. The first-order valence-electron chi connectivity index (χ1n) is 9.63. The Labute approximate surface area is 165 Å². The first-order valence-corrected chi connectivity index (χ1v) is 9.63.